The lowest BCUT2D eigenvalue weighted by molar-refractivity contribution is 0.522. The van der Waals surface area contributed by atoms with E-state index in [0.717, 1.165) is 5.56 Å². The molecule has 1 aliphatic carbocycles. The molecule has 0 radical (unpaired) electrons. The number of anilines is 1. The van der Waals surface area contributed by atoms with E-state index in [1.807, 2.05) is 0 Å². The topological polar surface area (TPSA) is 54.7 Å². The van der Waals surface area contributed by atoms with E-state index in [-0.39, 0.29) is 0 Å². The van der Waals surface area contributed by atoms with Crippen LogP contribution in [0.4, 0.5) is 5.82 Å². The Balaban J connectivity index is 2.00. The highest BCUT2D eigenvalue weighted by Crippen LogP contribution is 2.43. The van der Waals surface area contributed by atoms with E-state index in [4.69, 9.17) is 5.73 Å². The van der Waals surface area contributed by atoms with Crippen molar-refractivity contribution in [2.45, 2.75) is 51.9 Å². The molecule has 0 saturated heterocycles. The number of nitrogens with two attached hydrogens (primary N) is 1. The van der Waals surface area contributed by atoms with Gasteiger partial charge in [-0.15, -0.1) is 0 Å². The molecule has 2 atom stereocenters. The van der Waals surface area contributed by atoms with E-state index in [1.165, 1.54) is 36.1 Å². The molecule has 0 bridgehead atoms. The summed E-state index contributed by atoms with van der Waals surface area (Å²) in [6, 6.07) is 8.77. The Hall–Kier alpha value is -1.77. The van der Waals surface area contributed by atoms with Gasteiger partial charge in [0, 0.05) is 17.2 Å². The van der Waals surface area contributed by atoms with Gasteiger partial charge in [0.2, 0.25) is 0 Å². The molecule has 0 aliphatic heterocycles. The van der Waals surface area contributed by atoms with Crippen molar-refractivity contribution in [1.29, 1.82) is 0 Å². The molecular weight excluding hydrogens is 258 g/mol. The number of nitrogen functional groups attached to an aromatic ring is 1. The standard InChI is InChI=1S/C18H25N3/c1-11(2)13-7-9-14(10-8-13)16-17(20-21-18(16)19)15-6-4-5-12(15)3/h7-12,15H,4-6H2,1-3H3,(H3,19,20,21). The van der Waals surface area contributed by atoms with E-state index in [9.17, 15) is 0 Å². The summed E-state index contributed by atoms with van der Waals surface area (Å²) in [5.74, 6) is 2.45. The van der Waals surface area contributed by atoms with Crippen LogP contribution in [0.2, 0.25) is 0 Å². The van der Waals surface area contributed by atoms with Crippen molar-refractivity contribution >= 4 is 5.82 Å². The molecule has 1 saturated carbocycles. The summed E-state index contributed by atoms with van der Waals surface area (Å²) >= 11 is 0. The van der Waals surface area contributed by atoms with Crippen LogP contribution in [0, 0.1) is 5.92 Å². The lowest BCUT2D eigenvalue weighted by Gasteiger charge is -2.16. The molecule has 112 valence electrons. The van der Waals surface area contributed by atoms with E-state index in [2.05, 4.69) is 55.2 Å². The maximum Gasteiger partial charge on any atom is 0.153 e. The molecule has 1 heterocycles. The van der Waals surface area contributed by atoms with Crippen molar-refractivity contribution in [3.05, 3.63) is 35.5 Å². The molecule has 3 heteroatoms. The van der Waals surface area contributed by atoms with Crippen molar-refractivity contribution in [1.82, 2.24) is 10.2 Å². The molecule has 0 amide bonds. The fraction of sp³-hybridized carbons (Fsp3) is 0.500. The first kappa shape index (κ1) is 14.2. The Bertz CT molecular complexity index is 610. The van der Waals surface area contributed by atoms with Gasteiger partial charge in [0.25, 0.3) is 0 Å². The number of aromatic amines is 1. The minimum atomic E-state index is 0.551. The second kappa shape index (κ2) is 5.55. The number of benzene rings is 1. The van der Waals surface area contributed by atoms with Gasteiger partial charge in [-0.1, -0.05) is 57.9 Å². The van der Waals surface area contributed by atoms with Gasteiger partial charge in [0.05, 0.1) is 0 Å². The van der Waals surface area contributed by atoms with Gasteiger partial charge in [0.15, 0.2) is 5.82 Å². The number of aromatic nitrogens is 2. The Kier molecular flexibility index (Phi) is 3.75. The third-order valence-electron chi connectivity index (χ3n) is 4.92. The number of hydrogen-bond donors (Lipinski definition) is 2. The lowest BCUT2D eigenvalue weighted by Crippen LogP contribution is -2.04. The van der Waals surface area contributed by atoms with E-state index in [0.29, 0.717) is 23.6 Å². The Morgan fingerprint density at radius 2 is 1.90 bits per heavy atom. The lowest BCUT2D eigenvalue weighted by atomic mass is 9.89. The van der Waals surface area contributed by atoms with Gasteiger partial charge in [-0.25, -0.2) is 0 Å². The van der Waals surface area contributed by atoms with Crippen molar-refractivity contribution in [3.8, 4) is 11.1 Å². The minimum absolute atomic E-state index is 0.551. The summed E-state index contributed by atoms with van der Waals surface area (Å²) in [5, 5.41) is 7.49. The van der Waals surface area contributed by atoms with E-state index < -0.39 is 0 Å². The maximum absolute atomic E-state index is 6.14. The van der Waals surface area contributed by atoms with Gasteiger partial charge in [0.1, 0.15) is 0 Å². The van der Waals surface area contributed by atoms with Crippen molar-refractivity contribution in [3.63, 3.8) is 0 Å². The SMILES string of the molecule is CC(C)c1ccc(-c2c(N)n[nH]c2C2CCCC2C)cc1. The quantitative estimate of drug-likeness (QED) is 0.858. The molecule has 21 heavy (non-hydrogen) atoms. The molecule has 1 aliphatic rings. The second-order valence-electron chi connectivity index (χ2n) is 6.69. The highest BCUT2D eigenvalue weighted by Gasteiger charge is 2.29. The number of hydrogen-bond acceptors (Lipinski definition) is 2. The van der Waals surface area contributed by atoms with Gasteiger partial charge < -0.3 is 5.73 Å². The fourth-order valence-electron chi connectivity index (χ4n) is 3.55. The molecular formula is C18H25N3. The fourth-order valence-corrected chi connectivity index (χ4v) is 3.55. The van der Waals surface area contributed by atoms with E-state index in [1.54, 1.807) is 0 Å². The number of H-pyrrole nitrogens is 1. The molecule has 1 aromatic heterocycles. The van der Waals surface area contributed by atoms with Crippen molar-refractivity contribution < 1.29 is 0 Å². The van der Waals surface area contributed by atoms with Gasteiger partial charge in [-0.2, -0.15) is 5.10 Å². The molecule has 3 N–H and O–H groups in total. The molecule has 0 spiro atoms. The van der Waals surface area contributed by atoms with Crippen LogP contribution in [0.25, 0.3) is 11.1 Å². The Morgan fingerprint density at radius 1 is 1.19 bits per heavy atom. The zero-order valence-corrected chi connectivity index (χ0v) is 13.2. The van der Waals surface area contributed by atoms with Crippen LogP contribution in [0.15, 0.2) is 24.3 Å². The van der Waals surface area contributed by atoms with Crippen molar-refractivity contribution in [2.75, 3.05) is 5.73 Å². The maximum atomic E-state index is 6.14. The van der Waals surface area contributed by atoms with Crippen LogP contribution < -0.4 is 5.73 Å². The number of nitrogens with zero attached hydrogens (tertiary/aromatic N) is 1. The van der Waals surface area contributed by atoms with Crippen LogP contribution in [0.5, 0.6) is 0 Å². The highest BCUT2D eigenvalue weighted by molar-refractivity contribution is 5.77. The summed E-state index contributed by atoms with van der Waals surface area (Å²) < 4.78 is 0. The Morgan fingerprint density at radius 3 is 2.48 bits per heavy atom. The third kappa shape index (κ3) is 2.57. The largest absolute Gasteiger partial charge is 0.382 e. The van der Waals surface area contributed by atoms with Crippen LogP contribution in [-0.4, -0.2) is 10.2 Å². The van der Waals surface area contributed by atoms with Gasteiger partial charge >= 0.3 is 0 Å². The molecule has 1 aromatic carbocycles. The molecule has 2 aromatic rings. The second-order valence-corrected chi connectivity index (χ2v) is 6.69. The first-order valence-electron chi connectivity index (χ1n) is 8.02. The van der Waals surface area contributed by atoms with Crippen LogP contribution in [0.1, 0.15) is 63.1 Å². The summed E-state index contributed by atoms with van der Waals surface area (Å²) in [6.45, 7) is 6.76. The highest BCUT2D eigenvalue weighted by atomic mass is 15.2. The van der Waals surface area contributed by atoms with Crippen molar-refractivity contribution in [2.24, 2.45) is 5.92 Å². The molecule has 2 unspecified atom stereocenters. The molecule has 1 fully saturated rings. The summed E-state index contributed by atoms with van der Waals surface area (Å²) in [7, 11) is 0. The average molecular weight is 283 g/mol. The minimum Gasteiger partial charge on any atom is -0.382 e. The number of rotatable bonds is 3. The summed E-state index contributed by atoms with van der Waals surface area (Å²) in [4.78, 5) is 0. The third-order valence-corrected chi connectivity index (χ3v) is 4.92. The predicted molar refractivity (Wildman–Crippen MR) is 88.3 cm³/mol. The molecule has 3 rings (SSSR count). The van der Waals surface area contributed by atoms with Crippen LogP contribution in [0.3, 0.4) is 0 Å². The average Bonchev–Trinajstić information content (AvgIpc) is 3.04. The molecule has 3 nitrogen and oxygen atoms in total. The first-order chi connectivity index (χ1) is 10.1. The smallest absolute Gasteiger partial charge is 0.153 e. The van der Waals surface area contributed by atoms with Crippen LogP contribution >= 0.6 is 0 Å². The van der Waals surface area contributed by atoms with Gasteiger partial charge in [-0.05, 0) is 29.4 Å². The Labute approximate surface area is 127 Å². The first-order valence-corrected chi connectivity index (χ1v) is 8.02. The number of nitrogens with one attached hydrogen (secondary N) is 1. The van der Waals surface area contributed by atoms with E-state index >= 15 is 0 Å². The zero-order valence-electron chi connectivity index (χ0n) is 13.2. The van der Waals surface area contributed by atoms with Crippen LogP contribution in [-0.2, 0) is 0 Å². The monoisotopic (exact) mass is 283 g/mol. The normalized spacial score (nSPS) is 22.1. The summed E-state index contributed by atoms with van der Waals surface area (Å²) in [6.07, 6.45) is 3.84. The summed E-state index contributed by atoms with van der Waals surface area (Å²) in [5.41, 5.74) is 11.0. The van der Waals surface area contributed by atoms with Gasteiger partial charge in [-0.3, -0.25) is 5.10 Å². The zero-order chi connectivity index (χ0) is 15.0. The predicted octanol–water partition coefficient (Wildman–Crippen LogP) is 4.69.